The van der Waals surface area contributed by atoms with Crippen molar-refractivity contribution in [2.75, 3.05) is 0 Å². The second-order valence-electron chi connectivity index (χ2n) is 14.5. The smallest absolute Gasteiger partial charge is 0.205 e. The fourth-order valence-corrected chi connectivity index (χ4v) is 7.25. The Morgan fingerprint density at radius 2 is 0.736 bits per heavy atom. The third kappa shape index (κ3) is 9.02. The van der Waals surface area contributed by atoms with E-state index < -0.39 is 0 Å². The van der Waals surface area contributed by atoms with Crippen LogP contribution in [0.2, 0.25) is 0 Å². The maximum Gasteiger partial charge on any atom is 0.214 e. The van der Waals surface area contributed by atoms with E-state index in [1.165, 1.54) is 50.3 Å². The molecule has 4 heterocycles. The van der Waals surface area contributed by atoms with Crippen molar-refractivity contribution in [3.8, 4) is 33.6 Å². The van der Waals surface area contributed by atoms with Gasteiger partial charge in [0.1, 0.15) is 0 Å². The summed E-state index contributed by atoms with van der Waals surface area (Å²) in [5, 5.41) is 0. The molecule has 0 radical (unpaired) electrons. The molecule has 0 aliphatic heterocycles. The molecule has 0 spiro atoms. The number of benzene rings is 3. The Hall–Kier alpha value is -5.74. The molecule has 3 aromatic carbocycles. The molecular formula is C49H54N4+4. The van der Waals surface area contributed by atoms with Gasteiger partial charge in [-0.1, -0.05) is 102 Å². The van der Waals surface area contributed by atoms with E-state index in [4.69, 9.17) is 0 Å². The van der Waals surface area contributed by atoms with Gasteiger partial charge in [0.2, 0.25) is 11.4 Å². The summed E-state index contributed by atoms with van der Waals surface area (Å²) < 4.78 is 9.13. The molecule has 4 aromatic heterocycles. The molecule has 0 fully saturated rings. The Morgan fingerprint density at radius 3 is 1.11 bits per heavy atom. The Morgan fingerprint density at radius 1 is 0.396 bits per heavy atom. The summed E-state index contributed by atoms with van der Waals surface area (Å²) in [6.45, 7) is 10.9. The van der Waals surface area contributed by atoms with E-state index >= 15 is 0 Å². The Labute approximate surface area is 317 Å². The highest BCUT2D eigenvalue weighted by Gasteiger charge is 2.22. The lowest BCUT2D eigenvalue weighted by Crippen LogP contribution is -2.44. The van der Waals surface area contributed by atoms with Gasteiger partial charge in [-0.2, -0.15) is 9.13 Å². The number of hydrogen-bond acceptors (Lipinski definition) is 0. The quantitative estimate of drug-likeness (QED) is 0.113. The van der Waals surface area contributed by atoms with Crippen LogP contribution in [0, 0.1) is 5.92 Å². The predicted octanol–water partition coefficient (Wildman–Crippen LogP) is 9.59. The van der Waals surface area contributed by atoms with E-state index in [2.05, 4.69) is 223 Å². The lowest BCUT2D eigenvalue weighted by Gasteiger charge is -2.12. The highest BCUT2D eigenvalue weighted by atomic mass is 15.0. The van der Waals surface area contributed by atoms with Gasteiger partial charge in [0.25, 0.3) is 0 Å². The molecule has 0 N–H and O–H groups in total. The third-order valence-electron chi connectivity index (χ3n) is 10.1. The van der Waals surface area contributed by atoms with Crippen molar-refractivity contribution in [2.24, 2.45) is 5.92 Å². The minimum absolute atomic E-state index is 0. The number of nitrogens with zero attached hydrogens (tertiary/aromatic N) is 4. The first-order valence-corrected chi connectivity index (χ1v) is 18.7. The summed E-state index contributed by atoms with van der Waals surface area (Å²) in [6, 6.07) is 46.1. The summed E-state index contributed by atoms with van der Waals surface area (Å²) in [4.78, 5) is 0. The number of hydrogen-bond donors (Lipinski definition) is 0. The normalized spacial score (nSPS) is 11.2. The van der Waals surface area contributed by atoms with Crippen LogP contribution < -0.4 is 18.3 Å². The number of para-hydroxylation sites is 2. The molecule has 266 valence electrons. The molecule has 53 heavy (non-hydrogen) atoms. The molecular weight excluding hydrogens is 645 g/mol. The second kappa shape index (κ2) is 17.2. The SMILES string of the molecule is C.CC(C)c1ccccc1-[n+]1ccc(-c2cc[n+](CC(Cc3ccccc3)C[n+]3ccc(-c4cc[n+](-c5ccccc5C(C)C)cc4)cc3)cc2)cc1. The van der Waals surface area contributed by atoms with Gasteiger partial charge in [-0.25, -0.2) is 9.13 Å². The molecule has 0 saturated carbocycles. The number of aromatic nitrogens is 4. The van der Waals surface area contributed by atoms with Crippen molar-refractivity contribution in [3.63, 3.8) is 0 Å². The minimum atomic E-state index is 0. The van der Waals surface area contributed by atoms with Gasteiger partial charge < -0.3 is 0 Å². The predicted molar refractivity (Wildman–Crippen MR) is 216 cm³/mol. The van der Waals surface area contributed by atoms with Gasteiger partial charge in [-0.05, 0) is 46.1 Å². The Kier molecular flexibility index (Phi) is 12.0. The van der Waals surface area contributed by atoms with Crippen LogP contribution in [-0.4, -0.2) is 0 Å². The van der Waals surface area contributed by atoms with Gasteiger partial charge in [0, 0.05) is 71.8 Å². The molecule has 4 nitrogen and oxygen atoms in total. The van der Waals surface area contributed by atoms with Crippen molar-refractivity contribution in [1.29, 1.82) is 0 Å². The lowest BCUT2D eigenvalue weighted by molar-refractivity contribution is -0.737. The van der Waals surface area contributed by atoms with Crippen LogP contribution in [-0.2, 0) is 19.5 Å². The highest BCUT2D eigenvalue weighted by Crippen LogP contribution is 2.23. The van der Waals surface area contributed by atoms with E-state index in [0.717, 1.165) is 19.5 Å². The summed E-state index contributed by atoms with van der Waals surface area (Å²) in [7, 11) is 0. The second-order valence-corrected chi connectivity index (χ2v) is 14.5. The maximum atomic E-state index is 2.34. The molecule has 0 bridgehead atoms. The zero-order valence-corrected chi connectivity index (χ0v) is 30.9. The third-order valence-corrected chi connectivity index (χ3v) is 10.1. The van der Waals surface area contributed by atoms with Gasteiger partial charge in [0.05, 0.1) is 5.92 Å². The van der Waals surface area contributed by atoms with Crippen molar-refractivity contribution in [3.05, 3.63) is 194 Å². The first kappa shape index (κ1) is 37.0. The molecule has 0 atom stereocenters. The molecule has 0 unspecified atom stereocenters. The maximum absolute atomic E-state index is 2.34. The van der Waals surface area contributed by atoms with Crippen LogP contribution >= 0.6 is 0 Å². The van der Waals surface area contributed by atoms with E-state index in [0.29, 0.717) is 17.8 Å². The van der Waals surface area contributed by atoms with Gasteiger partial charge in [-0.15, -0.1) is 0 Å². The first-order chi connectivity index (χ1) is 25.4. The van der Waals surface area contributed by atoms with Crippen LogP contribution in [0.25, 0.3) is 33.6 Å². The summed E-state index contributed by atoms with van der Waals surface area (Å²) in [5.74, 6) is 1.36. The fourth-order valence-electron chi connectivity index (χ4n) is 7.25. The molecule has 0 saturated heterocycles. The zero-order valence-electron chi connectivity index (χ0n) is 30.9. The molecule has 7 rings (SSSR count). The van der Waals surface area contributed by atoms with Crippen LogP contribution in [0.4, 0.5) is 0 Å². The standard InChI is InChI=1S/C48H50N4.CH4/c1-37(2)45-14-8-10-16-47(45)51-30-22-43(23-31-51)41-18-26-49(27-19-41)35-40(34-39-12-6-5-7-13-39)36-50-28-20-42(21-29-50)44-24-32-52(33-25-44)48-17-11-9-15-46(48)38(3)4;/h5-33,37-38,40H,34-36H2,1-4H3;1H4/q+4;. The van der Waals surface area contributed by atoms with Crippen molar-refractivity contribution < 1.29 is 18.3 Å². The summed E-state index contributed by atoms with van der Waals surface area (Å²) in [5.41, 5.74) is 11.4. The lowest BCUT2D eigenvalue weighted by atomic mass is 9.98. The average molecular weight is 699 g/mol. The van der Waals surface area contributed by atoms with Crippen molar-refractivity contribution in [1.82, 2.24) is 0 Å². The fraction of sp³-hybridized carbons (Fsp3) is 0.224. The summed E-state index contributed by atoms with van der Waals surface area (Å²) in [6.07, 6.45) is 18.7. The Balaban J connectivity index is 0.00000481. The zero-order chi connectivity index (χ0) is 35.9. The number of rotatable bonds is 12. The first-order valence-electron chi connectivity index (χ1n) is 18.7. The van der Waals surface area contributed by atoms with Gasteiger partial charge in [0.15, 0.2) is 62.7 Å². The highest BCUT2D eigenvalue weighted by molar-refractivity contribution is 5.62. The van der Waals surface area contributed by atoms with E-state index in [1.807, 2.05) is 0 Å². The Bertz CT molecular complexity index is 2050. The average Bonchev–Trinajstić information content (AvgIpc) is 3.19. The van der Waals surface area contributed by atoms with E-state index in [-0.39, 0.29) is 7.43 Å². The minimum Gasteiger partial charge on any atom is -0.205 e. The summed E-state index contributed by atoms with van der Waals surface area (Å²) >= 11 is 0. The largest absolute Gasteiger partial charge is 0.214 e. The van der Waals surface area contributed by atoms with Crippen LogP contribution in [0.1, 0.15) is 63.6 Å². The van der Waals surface area contributed by atoms with Gasteiger partial charge in [-0.3, -0.25) is 0 Å². The molecule has 0 aliphatic rings. The topological polar surface area (TPSA) is 15.5 Å². The molecule has 4 heteroatoms. The van der Waals surface area contributed by atoms with Crippen molar-refractivity contribution in [2.45, 2.75) is 66.5 Å². The molecule has 7 aromatic rings. The van der Waals surface area contributed by atoms with E-state index in [9.17, 15) is 0 Å². The van der Waals surface area contributed by atoms with Crippen LogP contribution in [0.15, 0.2) is 177 Å². The van der Waals surface area contributed by atoms with Gasteiger partial charge >= 0.3 is 0 Å². The molecule has 0 aliphatic carbocycles. The van der Waals surface area contributed by atoms with Crippen LogP contribution in [0.5, 0.6) is 0 Å². The molecule has 0 amide bonds. The van der Waals surface area contributed by atoms with E-state index in [1.54, 1.807) is 0 Å². The monoisotopic (exact) mass is 698 g/mol. The van der Waals surface area contributed by atoms with Crippen molar-refractivity contribution >= 4 is 0 Å². The van der Waals surface area contributed by atoms with Crippen LogP contribution in [0.3, 0.4) is 0 Å². The number of pyridine rings is 4.